The molecule has 3 nitrogen and oxygen atoms in total. The number of carbonyl (C=O) groups is 1. The summed E-state index contributed by atoms with van der Waals surface area (Å²) >= 11 is 5.15. The second-order valence-electron chi connectivity index (χ2n) is 5.64. The summed E-state index contributed by atoms with van der Waals surface area (Å²) in [5.41, 5.74) is 1.92. The van der Waals surface area contributed by atoms with Crippen LogP contribution in [0.15, 0.2) is 64.1 Å². The van der Waals surface area contributed by atoms with Crippen LogP contribution in [0.1, 0.15) is 22.3 Å². The number of Topliss-reactive ketones (excluding diaryl/α,β-unsaturated/α-hetero) is 1. The lowest BCUT2D eigenvalue weighted by atomic mass is 10.1. The van der Waals surface area contributed by atoms with E-state index in [1.807, 2.05) is 42.5 Å². The van der Waals surface area contributed by atoms with Crippen LogP contribution in [0, 0.1) is 0 Å². The van der Waals surface area contributed by atoms with Crippen molar-refractivity contribution in [2.75, 3.05) is 18.8 Å². The van der Waals surface area contributed by atoms with Crippen LogP contribution in [0.3, 0.4) is 0 Å². The number of amidine groups is 1. The summed E-state index contributed by atoms with van der Waals surface area (Å²) < 4.78 is 0.979. The average molecular weight is 403 g/mol. The van der Waals surface area contributed by atoms with Crippen LogP contribution in [0.2, 0.25) is 0 Å². The van der Waals surface area contributed by atoms with Gasteiger partial charge >= 0.3 is 0 Å². The Morgan fingerprint density at radius 3 is 2.54 bits per heavy atom. The second kappa shape index (κ2) is 8.49. The van der Waals surface area contributed by atoms with Gasteiger partial charge in [-0.05, 0) is 24.1 Å². The van der Waals surface area contributed by atoms with Crippen molar-refractivity contribution in [1.29, 1.82) is 0 Å². The average Bonchev–Trinajstić information content (AvgIpc) is 2.63. The normalized spacial score (nSPS) is 14.1. The number of carbonyl (C=O) groups excluding carboxylic acids is 1. The third-order valence-electron chi connectivity index (χ3n) is 3.77. The van der Waals surface area contributed by atoms with Crippen LogP contribution in [0.5, 0.6) is 0 Å². The number of aliphatic imine (C=N–C) groups is 1. The monoisotopic (exact) mass is 402 g/mol. The van der Waals surface area contributed by atoms with Crippen LogP contribution in [0.25, 0.3) is 0 Å². The molecule has 0 amide bonds. The van der Waals surface area contributed by atoms with Crippen LogP contribution >= 0.6 is 27.7 Å². The highest BCUT2D eigenvalue weighted by Gasteiger charge is 2.19. The summed E-state index contributed by atoms with van der Waals surface area (Å²) in [7, 11) is 0. The van der Waals surface area contributed by atoms with Crippen LogP contribution in [-0.2, 0) is 6.54 Å². The fourth-order valence-electron chi connectivity index (χ4n) is 2.54. The molecule has 0 radical (unpaired) electrons. The summed E-state index contributed by atoms with van der Waals surface area (Å²) in [6.07, 6.45) is 1.11. The molecule has 1 aliphatic heterocycles. The summed E-state index contributed by atoms with van der Waals surface area (Å²) in [4.78, 5) is 19.4. The molecule has 124 valence electrons. The zero-order valence-corrected chi connectivity index (χ0v) is 15.7. The molecular weight excluding hydrogens is 384 g/mol. The molecule has 5 heteroatoms. The Labute approximate surface area is 155 Å². The number of halogens is 1. The van der Waals surface area contributed by atoms with Gasteiger partial charge in [0.1, 0.15) is 0 Å². The van der Waals surface area contributed by atoms with Gasteiger partial charge in [-0.25, -0.2) is 0 Å². The quantitative estimate of drug-likeness (QED) is 0.683. The number of nitrogens with zero attached hydrogens (tertiary/aromatic N) is 2. The molecule has 0 aromatic heterocycles. The molecule has 0 fully saturated rings. The molecule has 24 heavy (non-hydrogen) atoms. The van der Waals surface area contributed by atoms with Gasteiger partial charge in [0.05, 0.1) is 6.54 Å². The molecule has 0 N–H and O–H groups in total. The molecule has 1 heterocycles. The first-order chi connectivity index (χ1) is 11.7. The van der Waals surface area contributed by atoms with Gasteiger partial charge in [0.2, 0.25) is 0 Å². The minimum absolute atomic E-state index is 0.118. The van der Waals surface area contributed by atoms with Gasteiger partial charge in [-0.2, -0.15) is 0 Å². The van der Waals surface area contributed by atoms with Gasteiger partial charge in [0.25, 0.3) is 0 Å². The number of rotatable bonds is 5. The highest BCUT2D eigenvalue weighted by Crippen LogP contribution is 2.19. The van der Waals surface area contributed by atoms with Gasteiger partial charge in [0.15, 0.2) is 11.0 Å². The second-order valence-corrected chi connectivity index (χ2v) is 7.62. The molecule has 0 bridgehead atoms. The van der Waals surface area contributed by atoms with Crippen molar-refractivity contribution in [1.82, 2.24) is 4.90 Å². The van der Waals surface area contributed by atoms with Crippen molar-refractivity contribution in [3.63, 3.8) is 0 Å². The highest BCUT2D eigenvalue weighted by molar-refractivity contribution is 9.10. The van der Waals surface area contributed by atoms with E-state index in [0.29, 0.717) is 13.1 Å². The zero-order chi connectivity index (χ0) is 16.8. The van der Waals surface area contributed by atoms with Crippen molar-refractivity contribution in [2.24, 2.45) is 4.99 Å². The fraction of sp³-hybridized carbons (Fsp3) is 0.263. The first-order valence-corrected chi connectivity index (χ1v) is 9.75. The van der Waals surface area contributed by atoms with Crippen molar-refractivity contribution in [2.45, 2.75) is 13.0 Å². The molecule has 2 aromatic carbocycles. The molecule has 0 unspecified atom stereocenters. The number of hydrogen-bond acceptors (Lipinski definition) is 4. The van der Waals surface area contributed by atoms with Crippen molar-refractivity contribution in [3.05, 3.63) is 70.2 Å². The predicted molar refractivity (Wildman–Crippen MR) is 105 cm³/mol. The van der Waals surface area contributed by atoms with Gasteiger partial charge in [-0.1, -0.05) is 70.2 Å². The minimum Gasteiger partial charge on any atom is -0.339 e. The SMILES string of the molecule is O=C(CN(Cc1ccccc1)C1=NCCCS1)c1ccc(Br)cc1. The van der Waals surface area contributed by atoms with E-state index in [4.69, 9.17) is 0 Å². The smallest absolute Gasteiger partial charge is 0.182 e. The zero-order valence-electron chi connectivity index (χ0n) is 13.3. The molecule has 0 saturated heterocycles. The summed E-state index contributed by atoms with van der Waals surface area (Å²) in [6, 6.07) is 17.8. The van der Waals surface area contributed by atoms with E-state index in [2.05, 4.69) is 38.0 Å². The van der Waals surface area contributed by atoms with E-state index in [-0.39, 0.29) is 5.78 Å². The molecule has 2 aromatic rings. The molecule has 0 atom stereocenters. The predicted octanol–water partition coefficient (Wildman–Crippen LogP) is 4.63. The first-order valence-electron chi connectivity index (χ1n) is 7.97. The third-order valence-corrected chi connectivity index (χ3v) is 5.44. The van der Waals surface area contributed by atoms with E-state index < -0.39 is 0 Å². The lowest BCUT2D eigenvalue weighted by molar-refractivity contribution is 0.0962. The Balaban J connectivity index is 1.77. The van der Waals surface area contributed by atoms with Crippen LogP contribution in [0.4, 0.5) is 0 Å². The number of thioether (sulfide) groups is 1. The first kappa shape index (κ1) is 17.2. The van der Waals surface area contributed by atoms with Gasteiger partial charge in [-0.3, -0.25) is 9.79 Å². The Bertz CT molecular complexity index is 716. The molecular formula is C19H19BrN2OS. The number of benzene rings is 2. The van der Waals surface area contributed by atoms with E-state index in [9.17, 15) is 4.79 Å². The molecule has 0 saturated carbocycles. The maximum Gasteiger partial charge on any atom is 0.182 e. The number of hydrogen-bond donors (Lipinski definition) is 0. The van der Waals surface area contributed by atoms with E-state index in [1.165, 1.54) is 5.56 Å². The summed E-state index contributed by atoms with van der Waals surface area (Å²) in [5.74, 6) is 1.18. The Kier molecular flexibility index (Phi) is 6.10. The fourth-order valence-corrected chi connectivity index (χ4v) is 3.75. The van der Waals surface area contributed by atoms with Gasteiger partial charge in [-0.15, -0.1) is 0 Å². The van der Waals surface area contributed by atoms with Crippen molar-refractivity contribution < 1.29 is 4.79 Å². The highest BCUT2D eigenvalue weighted by atomic mass is 79.9. The maximum absolute atomic E-state index is 12.7. The lowest BCUT2D eigenvalue weighted by Gasteiger charge is -2.27. The van der Waals surface area contributed by atoms with Crippen molar-refractivity contribution >= 4 is 38.6 Å². The molecule has 1 aliphatic rings. The molecule has 0 spiro atoms. The van der Waals surface area contributed by atoms with E-state index in [1.54, 1.807) is 11.8 Å². The summed E-state index contributed by atoms with van der Waals surface area (Å²) in [5, 5.41) is 0.982. The Morgan fingerprint density at radius 1 is 1.12 bits per heavy atom. The van der Waals surface area contributed by atoms with E-state index in [0.717, 1.165) is 33.9 Å². The topological polar surface area (TPSA) is 32.7 Å². The molecule has 3 rings (SSSR count). The van der Waals surface area contributed by atoms with Crippen molar-refractivity contribution in [3.8, 4) is 0 Å². The van der Waals surface area contributed by atoms with Gasteiger partial charge < -0.3 is 4.90 Å². The Hall–Kier alpha value is -1.59. The number of ketones is 1. The molecule has 0 aliphatic carbocycles. The minimum atomic E-state index is 0.118. The standard InChI is InChI=1S/C19H19BrN2OS/c20-17-9-7-16(8-10-17)18(23)14-22(19-21-11-4-12-24-19)13-15-5-2-1-3-6-15/h1-3,5-10H,4,11-14H2. The summed E-state index contributed by atoms with van der Waals surface area (Å²) in [6.45, 7) is 1.90. The van der Waals surface area contributed by atoms with Crippen LogP contribution in [-0.4, -0.2) is 34.7 Å². The van der Waals surface area contributed by atoms with E-state index >= 15 is 0 Å². The van der Waals surface area contributed by atoms with Crippen LogP contribution < -0.4 is 0 Å². The van der Waals surface area contributed by atoms with Gasteiger partial charge in [0, 0.05) is 28.9 Å². The largest absolute Gasteiger partial charge is 0.339 e. The maximum atomic E-state index is 12.7. The Morgan fingerprint density at radius 2 is 1.88 bits per heavy atom. The third kappa shape index (κ3) is 4.71. The lowest BCUT2D eigenvalue weighted by Crippen LogP contribution is -2.35.